The fourth-order valence-corrected chi connectivity index (χ4v) is 4.47. The summed E-state index contributed by atoms with van der Waals surface area (Å²) in [7, 11) is 0. The second-order valence-electron chi connectivity index (χ2n) is 6.94. The van der Waals surface area contributed by atoms with Gasteiger partial charge < -0.3 is 20.3 Å². The average Bonchev–Trinajstić information content (AvgIpc) is 2.83. The van der Waals surface area contributed by atoms with E-state index in [9.17, 15) is 4.79 Å². The molecule has 32 heavy (non-hydrogen) atoms. The zero-order valence-corrected chi connectivity index (χ0v) is 20.2. The Morgan fingerprint density at radius 2 is 1.78 bits per heavy atom. The molecule has 0 unspecified atom stereocenters. The average molecular weight is 559 g/mol. The van der Waals surface area contributed by atoms with Crippen LogP contribution in [0.15, 0.2) is 77.3 Å². The molecule has 0 radical (unpaired) electrons. The van der Waals surface area contributed by atoms with E-state index in [1.54, 1.807) is 18.0 Å². The predicted octanol–water partition coefficient (Wildman–Crippen LogP) is 4.94. The number of hydrogen-bond donors (Lipinski definition) is 2. The van der Waals surface area contributed by atoms with Crippen LogP contribution in [0.3, 0.4) is 0 Å². The van der Waals surface area contributed by atoms with Crippen LogP contribution in [0, 0.1) is 3.57 Å². The lowest BCUT2D eigenvalue weighted by Crippen LogP contribution is -2.36. The molecule has 1 aliphatic heterocycles. The molecule has 1 amide bonds. The minimum atomic E-state index is -0.232. The van der Waals surface area contributed by atoms with Crippen molar-refractivity contribution in [3.63, 3.8) is 0 Å². The van der Waals surface area contributed by atoms with Crippen molar-refractivity contribution in [1.82, 2.24) is 9.97 Å². The van der Waals surface area contributed by atoms with Gasteiger partial charge in [-0.25, -0.2) is 9.97 Å². The van der Waals surface area contributed by atoms with E-state index >= 15 is 0 Å². The van der Waals surface area contributed by atoms with Gasteiger partial charge in [-0.1, -0.05) is 18.3 Å². The van der Waals surface area contributed by atoms with E-state index < -0.39 is 0 Å². The van der Waals surface area contributed by atoms with Crippen LogP contribution in [0.1, 0.15) is 0 Å². The van der Waals surface area contributed by atoms with Gasteiger partial charge in [-0.05, 0) is 77.2 Å². The van der Waals surface area contributed by atoms with Crippen LogP contribution in [0.5, 0.6) is 0 Å². The van der Waals surface area contributed by atoms with Gasteiger partial charge >= 0.3 is 0 Å². The summed E-state index contributed by atoms with van der Waals surface area (Å²) < 4.78 is 6.38. The maximum absolute atomic E-state index is 11.4. The maximum atomic E-state index is 11.4. The van der Waals surface area contributed by atoms with Gasteiger partial charge in [0.2, 0.25) is 11.9 Å². The third-order valence-electron chi connectivity index (χ3n) is 4.73. The van der Waals surface area contributed by atoms with E-state index in [1.165, 1.54) is 11.8 Å². The van der Waals surface area contributed by atoms with Crippen LogP contribution in [0.2, 0.25) is 0 Å². The van der Waals surface area contributed by atoms with Crippen molar-refractivity contribution in [2.24, 2.45) is 0 Å². The molecule has 2 heterocycles. The molecule has 0 saturated carbocycles. The molecule has 4 rings (SSSR count). The Kier molecular flexibility index (Phi) is 7.61. The molecule has 2 N–H and O–H groups in total. The van der Waals surface area contributed by atoms with Crippen molar-refractivity contribution in [3.8, 4) is 0 Å². The molecule has 0 atom stereocenters. The van der Waals surface area contributed by atoms with Gasteiger partial charge in [0.05, 0.1) is 16.8 Å². The summed E-state index contributed by atoms with van der Waals surface area (Å²) in [5.74, 6) is 0.311. The molecule has 0 aliphatic carbocycles. The van der Waals surface area contributed by atoms with Crippen LogP contribution < -0.4 is 15.5 Å². The third kappa shape index (κ3) is 5.99. The highest BCUT2D eigenvalue weighted by Gasteiger charge is 2.12. The molecule has 0 bridgehead atoms. The highest BCUT2D eigenvalue weighted by molar-refractivity contribution is 14.1. The normalized spacial score (nSPS) is 13.5. The van der Waals surface area contributed by atoms with E-state index in [2.05, 4.69) is 66.8 Å². The SMILES string of the molecule is C=CC(=O)Nc1ccc(Sc2nc(Nc3ccc(N4CCOCC4)cc3)ncc2I)cc1. The number of ether oxygens (including phenoxy) is 1. The van der Waals surface area contributed by atoms with Crippen molar-refractivity contribution in [2.45, 2.75) is 9.92 Å². The Balaban J connectivity index is 1.42. The number of halogens is 1. The minimum Gasteiger partial charge on any atom is -0.378 e. The number of benzene rings is 2. The Morgan fingerprint density at radius 1 is 1.09 bits per heavy atom. The highest BCUT2D eigenvalue weighted by atomic mass is 127. The molecule has 1 fully saturated rings. The van der Waals surface area contributed by atoms with Gasteiger partial charge in [0.15, 0.2) is 0 Å². The Morgan fingerprint density at radius 3 is 2.47 bits per heavy atom. The second kappa shape index (κ2) is 10.8. The van der Waals surface area contributed by atoms with Gasteiger partial charge in [0.25, 0.3) is 0 Å². The zero-order valence-electron chi connectivity index (χ0n) is 17.3. The number of carbonyl (C=O) groups is 1. The second-order valence-corrected chi connectivity index (χ2v) is 9.16. The molecule has 1 aliphatic rings. The number of aromatic nitrogens is 2. The first-order valence-electron chi connectivity index (χ1n) is 10.0. The number of hydrogen-bond acceptors (Lipinski definition) is 7. The molecule has 1 aromatic heterocycles. The number of carbonyl (C=O) groups excluding carboxylic acids is 1. The summed E-state index contributed by atoms with van der Waals surface area (Å²) in [6.07, 6.45) is 3.05. The fourth-order valence-electron chi connectivity index (χ4n) is 3.10. The topological polar surface area (TPSA) is 79.4 Å². The van der Waals surface area contributed by atoms with Crippen molar-refractivity contribution in [1.29, 1.82) is 0 Å². The quantitative estimate of drug-likeness (QED) is 0.241. The summed E-state index contributed by atoms with van der Waals surface area (Å²) in [6.45, 7) is 6.82. The standard InChI is InChI=1S/C23H22IN5O2S/c1-2-21(30)26-16-5-9-19(10-6-16)32-22-20(24)15-25-23(28-22)27-17-3-7-18(8-4-17)29-11-13-31-14-12-29/h2-10,15H,1,11-14H2,(H,26,30)(H,25,27,28). The first-order valence-corrected chi connectivity index (χ1v) is 11.9. The number of amides is 1. The van der Waals surface area contributed by atoms with Crippen molar-refractivity contribution < 1.29 is 9.53 Å². The molecule has 9 heteroatoms. The van der Waals surface area contributed by atoms with E-state index in [0.29, 0.717) is 5.95 Å². The summed E-state index contributed by atoms with van der Waals surface area (Å²) in [5, 5.41) is 6.89. The Bertz CT molecular complexity index is 1090. The van der Waals surface area contributed by atoms with Crippen LogP contribution >= 0.6 is 34.4 Å². The highest BCUT2D eigenvalue weighted by Crippen LogP contribution is 2.31. The summed E-state index contributed by atoms with van der Waals surface area (Å²) >= 11 is 3.78. The summed E-state index contributed by atoms with van der Waals surface area (Å²) in [6, 6.07) is 15.9. The molecule has 3 aromatic rings. The van der Waals surface area contributed by atoms with Gasteiger partial charge in [-0.2, -0.15) is 0 Å². The van der Waals surface area contributed by atoms with Gasteiger partial charge in [-0.3, -0.25) is 4.79 Å². The molecular weight excluding hydrogens is 537 g/mol. The van der Waals surface area contributed by atoms with E-state index in [4.69, 9.17) is 4.74 Å². The molecule has 7 nitrogen and oxygen atoms in total. The first-order chi connectivity index (χ1) is 15.6. The van der Waals surface area contributed by atoms with Crippen molar-refractivity contribution >= 4 is 63.3 Å². The molecule has 0 spiro atoms. The monoisotopic (exact) mass is 559 g/mol. The molecule has 2 aromatic carbocycles. The first kappa shape index (κ1) is 22.6. The summed E-state index contributed by atoms with van der Waals surface area (Å²) in [5.41, 5.74) is 2.84. The molecule has 164 valence electrons. The van der Waals surface area contributed by atoms with Crippen LogP contribution in [-0.4, -0.2) is 42.2 Å². The third-order valence-corrected chi connectivity index (χ3v) is 6.90. The van der Waals surface area contributed by atoms with Gasteiger partial charge in [0, 0.05) is 41.2 Å². The summed E-state index contributed by atoms with van der Waals surface area (Å²) in [4.78, 5) is 23.9. The Hall–Kier alpha value is -2.63. The Labute approximate surface area is 204 Å². The maximum Gasteiger partial charge on any atom is 0.247 e. The fraction of sp³-hybridized carbons (Fsp3) is 0.174. The number of nitrogens with zero attached hydrogens (tertiary/aromatic N) is 3. The lowest BCUT2D eigenvalue weighted by molar-refractivity contribution is -0.111. The number of morpholine rings is 1. The van der Waals surface area contributed by atoms with Gasteiger partial charge in [-0.15, -0.1) is 0 Å². The van der Waals surface area contributed by atoms with Crippen molar-refractivity contribution in [3.05, 3.63) is 71.0 Å². The lowest BCUT2D eigenvalue weighted by atomic mass is 10.2. The largest absolute Gasteiger partial charge is 0.378 e. The minimum absolute atomic E-state index is 0.232. The number of nitrogens with one attached hydrogen (secondary N) is 2. The van der Waals surface area contributed by atoms with Crippen LogP contribution in [0.4, 0.5) is 23.0 Å². The van der Waals surface area contributed by atoms with Crippen molar-refractivity contribution in [2.75, 3.05) is 41.8 Å². The predicted molar refractivity (Wildman–Crippen MR) is 137 cm³/mol. The molecule has 1 saturated heterocycles. The zero-order chi connectivity index (χ0) is 22.3. The van der Waals surface area contributed by atoms with Gasteiger partial charge in [0.1, 0.15) is 5.03 Å². The smallest absolute Gasteiger partial charge is 0.247 e. The van der Waals surface area contributed by atoms with Crippen LogP contribution in [-0.2, 0) is 9.53 Å². The lowest BCUT2D eigenvalue weighted by Gasteiger charge is -2.28. The van der Waals surface area contributed by atoms with E-state index in [-0.39, 0.29) is 5.91 Å². The van der Waals surface area contributed by atoms with Crippen LogP contribution in [0.25, 0.3) is 0 Å². The number of anilines is 4. The van der Waals surface area contributed by atoms with E-state index in [0.717, 1.165) is 51.2 Å². The number of rotatable bonds is 7. The van der Waals surface area contributed by atoms with E-state index in [1.807, 2.05) is 36.4 Å². The molecular formula is C23H22IN5O2S.